The molecule has 0 aromatic heterocycles. The zero-order chi connectivity index (χ0) is 11.2. The molecule has 0 atom stereocenters. The number of ether oxygens (including phenoxy) is 2. The minimum Gasteiger partial charge on any atom is -0.462 e. The summed E-state index contributed by atoms with van der Waals surface area (Å²) < 4.78 is 9.49. The van der Waals surface area contributed by atoms with Crippen LogP contribution in [0.15, 0.2) is 12.2 Å². The number of esters is 1. The number of hydrogen-bond acceptors (Lipinski definition) is 3. The highest BCUT2D eigenvalue weighted by Gasteiger charge is 2.24. The first-order valence-corrected chi connectivity index (χ1v) is 5.21. The van der Waals surface area contributed by atoms with E-state index in [1.165, 1.54) is 0 Å². The molecule has 4 heteroatoms. The molecule has 0 N–H and O–H groups in total. The Balaban J connectivity index is 3.46. The van der Waals surface area contributed by atoms with Crippen molar-refractivity contribution in [2.45, 2.75) is 25.1 Å². The van der Waals surface area contributed by atoms with Crippen molar-refractivity contribution in [3.63, 3.8) is 0 Å². The SMILES string of the molecule is C=C(C)COCCOC(=O)C(C)(C)Br. The van der Waals surface area contributed by atoms with Crippen LogP contribution < -0.4 is 0 Å². The second-order valence-corrected chi connectivity index (χ2v) is 5.60. The van der Waals surface area contributed by atoms with Crippen LogP contribution in [0.4, 0.5) is 0 Å². The van der Waals surface area contributed by atoms with Crippen molar-refractivity contribution in [1.29, 1.82) is 0 Å². The monoisotopic (exact) mass is 264 g/mol. The highest BCUT2D eigenvalue weighted by molar-refractivity contribution is 9.10. The third kappa shape index (κ3) is 7.09. The lowest BCUT2D eigenvalue weighted by atomic mass is 10.2. The van der Waals surface area contributed by atoms with Gasteiger partial charge in [-0.05, 0) is 20.8 Å². The molecule has 82 valence electrons. The van der Waals surface area contributed by atoms with Gasteiger partial charge >= 0.3 is 5.97 Å². The summed E-state index contributed by atoms with van der Waals surface area (Å²) in [6, 6.07) is 0. The number of alkyl halides is 1. The second-order valence-electron chi connectivity index (χ2n) is 3.62. The molecule has 0 heterocycles. The molecule has 0 aliphatic rings. The second kappa shape index (κ2) is 6.19. The van der Waals surface area contributed by atoms with Gasteiger partial charge in [-0.25, -0.2) is 0 Å². The Morgan fingerprint density at radius 3 is 2.43 bits per heavy atom. The van der Waals surface area contributed by atoms with E-state index in [-0.39, 0.29) is 12.6 Å². The van der Waals surface area contributed by atoms with Gasteiger partial charge in [-0.2, -0.15) is 0 Å². The van der Waals surface area contributed by atoms with Gasteiger partial charge in [0.05, 0.1) is 13.2 Å². The van der Waals surface area contributed by atoms with Gasteiger partial charge < -0.3 is 9.47 Å². The van der Waals surface area contributed by atoms with Crippen LogP contribution in [-0.2, 0) is 14.3 Å². The molecule has 0 saturated carbocycles. The van der Waals surface area contributed by atoms with Gasteiger partial charge in [-0.3, -0.25) is 4.79 Å². The lowest BCUT2D eigenvalue weighted by Gasteiger charge is -2.14. The van der Waals surface area contributed by atoms with Gasteiger partial charge in [-0.15, -0.1) is 0 Å². The predicted octanol–water partition coefficient (Wildman–Crippen LogP) is 2.30. The van der Waals surface area contributed by atoms with Gasteiger partial charge in [0.25, 0.3) is 0 Å². The molecule has 0 aromatic carbocycles. The van der Waals surface area contributed by atoms with Crippen molar-refractivity contribution >= 4 is 21.9 Å². The fourth-order valence-corrected chi connectivity index (χ4v) is 0.726. The van der Waals surface area contributed by atoms with E-state index < -0.39 is 4.32 Å². The van der Waals surface area contributed by atoms with Crippen LogP contribution in [0.3, 0.4) is 0 Å². The smallest absolute Gasteiger partial charge is 0.322 e. The van der Waals surface area contributed by atoms with Crippen LogP contribution in [-0.4, -0.2) is 30.1 Å². The minimum atomic E-state index is -0.624. The largest absolute Gasteiger partial charge is 0.462 e. The fraction of sp³-hybridized carbons (Fsp3) is 0.700. The van der Waals surface area contributed by atoms with E-state index in [2.05, 4.69) is 22.5 Å². The molecule has 3 nitrogen and oxygen atoms in total. The Hall–Kier alpha value is -0.350. The first kappa shape index (κ1) is 13.7. The summed E-state index contributed by atoms with van der Waals surface area (Å²) in [4.78, 5) is 11.2. The molecule has 0 amide bonds. The van der Waals surface area contributed by atoms with E-state index in [9.17, 15) is 4.79 Å². The highest BCUT2D eigenvalue weighted by atomic mass is 79.9. The molecule has 0 unspecified atom stereocenters. The Morgan fingerprint density at radius 1 is 1.43 bits per heavy atom. The zero-order valence-corrected chi connectivity index (χ0v) is 10.5. The summed E-state index contributed by atoms with van der Waals surface area (Å²) in [5.74, 6) is -0.281. The van der Waals surface area contributed by atoms with Gasteiger partial charge in [-0.1, -0.05) is 28.1 Å². The summed E-state index contributed by atoms with van der Waals surface area (Å²) in [6.07, 6.45) is 0. The average molecular weight is 265 g/mol. The van der Waals surface area contributed by atoms with Crippen LogP contribution >= 0.6 is 15.9 Å². The van der Waals surface area contributed by atoms with E-state index in [0.29, 0.717) is 13.2 Å². The normalized spacial score (nSPS) is 11.1. The third-order valence-corrected chi connectivity index (χ3v) is 1.62. The Labute approximate surface area is 93.6 Å². The molecule has 0 rings (SSSR count). The molecule has 0 aliphatic carbocycles. The summed E-state index contributed by atoms with van der Waals surface area (Å²) in [5, 5.41) is 0. The van der Waals surface area contributed by atoms with Gasteiger partial charge in [0.2, 0.25) is 0 Å². The van der Waals surface area contributed by atoms with Crippen molar-refractivity contribution in [1.82, 2.24) is 0 Å². The lowest BCUT2D eigenvalue weighted by Crippen LogP contribution is -2.27. The highest BCUT2D eigenvalue weighted by Crippen LogP contribution is 2.17. The van der Waals surface area contributed by atoms with Gasteiger partial charge in [0.15, 0.2) is 0 Å². The van der Waals surface area contributed by atoms with E-state index in [4.69, 9.17) is 9.47 Å². The van der Waals surface area contributed by atoms with Crippen molar-refractivity contribution in [2.24, 2.45) is 0 Å². The zero-order valence-electron chi connectivity index (χ0n) is 8.93. The molecule has 0 spiro atoms. The van der Waals surface area contributed by atoms with E-state index in [1.807, 2.05) is 6.92 Å². The Kier molecular flexibility index (Phi) is 6.04. The molecule has 14 heavy (non-hydrogen) atoms. The standard InChI is InChI=1S/C10H17BrO3/c1-8(2)7-13-5-6-14-9(12)10(3,4)11/h1,5-7H2,2-4H3. The van der Waals surface area contributed by atoms with Crippen LogP contribution in [0, 0.1) is 0 Å². The van der Waals surface area contributed by atoms with Crippen molar-refractivity contribution in [2.75, 3.05) is 19.8 Å². The Morgan fingerprint density at radius 2 is 2.00 bits per heavy atom. The van der Waals surface area contributed by atoms with Gasteiger partial charge in [0, 0.05) is 0 Å². The fourth-order valence-electron chi connectivity index (χ4n) is 0.611. The molecule has 0 fully saturated rings. The van der Waals surface area contributed by atoms with Crippen LogP contribution in [0.25, 0.3) is 0 Å². The van der Waals surface area contributed by atoms with E-state index >= 15 is 0 Å². The maximum absolute atomic E-state index is 11.2. The maximum Gasteiger partial charge on any atom is 0.322 e. The molecule has 0 aromatic rings. The van der Waals surface area contributed by atoms with E-state index in [0.717, 1.165) is 5.57 Å². The quantitative estimate of drug-likeness (QED) is 0.320. The maximum atomic E-state index is 11.2. The molecule has 0 bridgehead atoms. The molecular formula is C10H17BrO3. The number of hydrogen-bond donors (Lipinski definition) is 0. The van der Waals surface area contributed by atoms with Crippen molar-refractivity contribution < 1.29 is 14.3 Å². The first-order valence-electron chi connectivity index (χ1n) is 4.42. The topological polar surface area (TPSA) is 35.5 Å². The summed E-state index contributed by atoms with van der Waals surface area (Å²) in [5.41, 5.74) is 0.956. The average Bonchev–Trinajstić information content (AvgIpc) is 2.01. The van der Waals surface area contributed by atoms with Crippen LogP contribution in [0.5, 0.6) is 0 Å². The lowest BCUT2D eigenvalue weighted by molar-refractivity contribution is -0.146. The van der Waals surface area contributed by atoms with Crippen LogP contribution in [0.2, 0.25) is 0 Å². The number of halogens is 1. The molecule has 0 radical (unpaired) electrons. The van der Waals surface area contributed by atoms with Crippen molar-refractivity contribution in [3.8, 4) is 0 Å². The summed E-state index contributed by atoms with van der Waals surface area (Å²) >= 11 is 3.21. The molecular weight excluding hydrogens is 248 g/mol. The number of carbonyl (C=O) groups excluding carboxylic acids is 1. The predicted molar refractivity (Wildman–Crippen MR) is 59.6 cm³/mol. The Bertz CT molecular complexity index is 206. The summed E-state index contributed by atoms with van der Waals surface area (Å²) in [6.45, 7) is 10.2. The first-order chi connectivity index (χ1) is 6.34. The summed E-state index contributed by atoms with van der Waals surface area (Å²) in [7, 11) is 0. The molecule has 0 saturated heterocycles. The van der Waals surface area contributed by atoms with E-state index in [1.54, 1.807) is 13.8 Å². The third-order valence-electron chi connectivity index (χ3n) is 1.29. The molecule has 0 aliphatic heterocycles. The van der Waals surface area contributed by atoms with Crippen LogP contribution in [0.1, 0.15) is 20.8 Å². The number of rotatable bonds is 6. The van der Waals surface area contributed by atoms with Gasteiger partial charge in [0.1, 0.15) is 10.9 Å². The minimum absolute atomic E-state index is 0.279. The van der Waals surface area contributed by atoms with Crippen molar-refractivity contribution in [3.05, 3.63) is 12.2 Å². The number of carbonyl (C=O) groups is 1.